The number of carbonyl (C=O) groups is 1. The Balaban J connectivity index is 1.09. The third kappa shape index (κ3) is 5.13. The van der Waals surface area contributed by atoms with E-state index < -0.39 is 0 Å². The largest absolute Gasteiger partial charge is 0.354 e. The predicted molar refractivity (Wildman–Crippen MR) is 151 cm³/mol. The van der Waals surface area contributed by atoms with Crippen LogP contribution in [0.5, 0.6) is 0 Å². The lowest BCUT2D eigenvalue weighted by Gasteiger charge is -2.32. The van der Waals surface area contributed by atoms with E-state index in [1.807, 2.05) is 36.4 Å². The van der Waals surface area contributed by atoms with Crippen LogP contribution in [0.15, 0.2) is 78.9 Å². The second-order valence-corrected chi connectivity index (χ2v) is 10.7. The maximum atomic E-state index is 13.2. The fourth-order valence-corrected chi connectivity index (χ4v) is 5.83. The number of aromatic nitrogens is 3. The molecule has 1 aliphatic heterocycles. The number of nitrogens with zero attached hydrogens (tertiary/aromatic N) is 4. The Bertz CT molecular complexity index is 1580. The van der Waals surface area contributed by atoms with Gasteiger partial charge in [-0.2, -0.15) is 0 Å². The molecule has 3 heterocycles. The molecule has 1 fully saturated rings. The Labute approximate surface area is 224 Å². The third-order valence-electron chi connectivity index (χ3n) is 6.85. The minimum Gasteiger partial charge on any atom is -0.354 e. The number of benzene rings is 3. The van der Waals surface area contributed by atoms with Gasteiger partial charge >= 0.3 is 0 Å². The van der Waals surface area contributed by atoms with Crippen LogP contribution in [-0.4, -0.2) is 34.2 Å². The highest BCUT2D eigenvalue weighted by Crippen LogP contribution is 2.31. The zero-order valence-electron chi connectivity index (χ0n) is 20.9. The standard InChI is InChI=1S/C30H26FN5OS/c1-19-4-13-26-27(17-19)38-30(33-26)21-7-11-24(12-8-21)32-29(37)22-3-2-16-36(18-22)28-15-14-25(34-35-28)20-5-9-23(31)10-6-20/h4-15,17,22H,2-3,16,18H2,1H3,(H,32,37). The number of hydrogen-bond acceptors (Lipinski definition) is 6. The minimum absolute atomic E-state index is 0.00815. The molecule has 1 unspecified atom stereocenters. The van der Waals surface area contributed by atoms with Gasteiger partial charge in [0.1, 0.15) is 10.8 Å². The van der Waals surface area contributed by atoms with E-state index in [9.17, 15) is 9.18 Å². The zero-order chi connectivity index (χ0) is 26.1. The lowest BCUT2D eigenvalue weighted by atomic mass is 9.97. The van der Waals surface area contributed by atoms with Gasteiger partial charge in [0, 0.05) is 29.9 Å². The molecule has 0 aliphatic carbocycles. The second kappa shape index (κ2) is 10.3. The molecular weight excluding hydrogens is 497 g/mol. The first-order chi connectivity index (χ1) is 18.5. The van der Waals surface area contributed by atoms with Crippen LogP contribution in [0.3, 0.4) is 0 Å². The normalized spacial score (nSPS) is 15.5. The van der Waals surface area contributed by atoms with Crippen LogP contribution in [-0.2, 0) is 4.79 Å². The molecule has 0 spiro atoms. The van der Waals surface area contributed by atoms with E-state index >= 15 is 0 Å². The van der Waals surface area contributed by atoms with Gasteiger partial charge in [-0.3, -0.25) is 4.79 Å². The summed E-state index contributed by atoms with van der Waals surface area (Å²) in [5.41, 5.74) is 5.53. The lowest BCUT2D eigenvalue weighted by molar-refractivity contribution is -0.120. The van der Waals surface area contributed by atoms with E-state index in [4.69, 9.17) is 4.98 Å². The fourth-order valence-electron chi connectivity index (χ4n) is 4.76. The van der Waals surface area contributed by atoms with Crippen LogP contribution in [0.4, 0.5) is 15.9 Å². The Hall–Kier alpha value is -4.17. The fraction of sp³-hybridized carbons (Fsp3) is 0.200. The van der Waals surface area contributed by atoms with Crippen molar-refractivity contribution in [3.05, 3.63) is 90.2 Å². The number of hydrogen-bond donors (Lipinski definition) is 1. The highest BCUT2D eigenvalue weighted by atomic mass is 32.1. The van der Waals surface area contributed by atoms with Crippen molar-refractivity contribution in [2.75, 3.05) is 23.3 Å². The van der Waals surface area contributed by atoms with E-state index in [0.29, 0.717) is 12.2 Å². The molecule has 1 saturated heterocycles. The first-order valence-electron chi connectivity index (χ1n) is 12.6. The summed E-state index contributed by atoms with van der Waals surface area (Å²) in [5, 5.41) is 12.8. The quantitative estimate of drug-likeness (QED) is 0.277. The summed E-state index contributed by atoms with van der Waals surface area (Å²) in [6.07, 6.45) is 1.72. The molecular formula is C30H26FN5OS. The van der Waals surface area contributed by atoms with Crippen LogP contribution in [0.1, 0.15) is 18.4 Å². The SMILES string of the molecule is Cc1ccc2nc(-c3ccc(NC(=O)C4CCCN(c5ccc(-c6ccc(F)cc6)nn5)C4)cc3)sc2c1. The van der Waals surface area contributed by atoms with E-state index in [1.54, 1.807) is 23.5 Å². The summed E-state index contributed by atoms with van der Waals surface area (Å²) in [4.78, 5) is 20.0. The van der Waals surface area contributed by atoms with E-state index in [1.165, 1.54) is 22.4 Å². The van der Waals surface area contributed by atoms with Gasteiger partial charge in [0.05, 0.1) is 21.8 Å². The van der Waals surface area contributed by atoms with Crippen LogP contribution in [0.25, 0.3) is 32.0 Å². The van der Waals surface area contributed by atoms with Crippen molar-refractivity contribution in [3.63, 3.8) is 0 Å². The van der Waals surface area contributed by atoms with Gasteiger partial charge in [0.15, 0.2) is 5.82 Å². The molecule has 6 rings (SSSR count). The summed E-state index contributed by atoms with van der Waals surface area (Å²) in [7, 11) is 0. The maximum absolute atomic E-state index is 13.2. The number of piperidine rings is 1. The van der Waals surface area contributed by atoms with E-state index in [2.05, 4.69) is 45.5 Å². The Morgan fingerprint density at radius 1 is 0.974 bits per heavy atom. The van der Waals surface area contributed by atoms with Crippen LogP contribution in [0.2, 0.25) is 0 Å². The molecule has 5 aromatic rings. The number of amides is 1. The third-order valence-corrected chi connectivity index (χ3v) is 7.92. The smallest absolute Gasteiger partial charge is 0.229 e. The van der Waals surface area contributed by atoms with Crippen molar-refractivity contribution >= 4 is 39.0 Å². The average molecular weight is 524 g/mol. The number of thiazole rings is 1. The molecule has 1 atom stereocenters. The molecule has 1 amide bonds. The molecule has 0 saturated carbocycles. The van der Waals surface area contributed by atoms with Crippen molar-refractivity contribution in [1.82, 2.24) is 15.2 Å². The van der Waals surface area contributed by atoms with Gasteiger partial charge in [-0.25, -0.2) is 9.37 Å². The summed E-state index contributed by atoms with van der Waals surface area (Å²) in [5.74, 6) is 0.321. The van der Waals surface area contributed by atoms with E-state index in [-0.39, 0.29) is 17.6 Å². The molecule has 6 nitrogen and oxygen atoms in total. The van der Waals surface area contributed by atoms with Crippen molar-refractivity contribution in [2.45, 2.75) is 19.8 Å². The molecule has 3 aromatic carbocycles. The van der Waals surface area contributed by atoms with Crippen molar-refractivity contribution in [2.24, 2.45) is 5.92 Å². The first kappa shape index (κ1) is 24.2. The zero-order valence-corrected chi connectivity index (χ0v) is 21.7. The molecule has 2 aromatic heterocycles. The number of halogens is 1. The van der Waals surface area contributed by atoms with Crippen LogP contribution >= 0.6 is 11.3 Å². The second-order valence-electron chi connectivity index (χ2n) is 9.63. The lowest BCUT2D eigenvalue weighted by Crippen LogP contribution is -2.41. The molecule has 190 valence electrons. The van der Waals surface area contributed by atoms with Gasteiger partial charge < -0.3 is 10.2 Å². The number of fused-ring (bicyclic) bond motifs is 1. The first-order valence-corrected chi connectivity index (χ1v) is 13.5. The molecule has 0 radical (unpaired) electrons. The molecule has 38 heavy (non-hydrogen) atoms. The Kier molecular flexibility index (Phi) is 6.55. The van der Waals surface area contributed by atoms with Crippen molar-refractivity contribution < 1.29 is 9.18 Å². The highest BCUT2D eigenvalue weighted by Gasteiger charge is 2.27. The Morgan fingerprint density at radius 3 is 2.53 bits per heavy atom. The van der Waals surface area contributed by atoms with Gasteiger partial charge in [0.25, 0.3) is 0 Å². The summed E-state index contributed by atoms with van der Waals surface area (Å²) >= 11 is 1.68. The topological polar surface area (TPSA) is 71.0 Å². The minimum atomic E-state index is -0.282. The van der Waals surface area contributed by atoms with Gasteiger partial charge in [-0.05, 0) is 98.1 Å². The highest BCUT2D eigenvalue weighted by molar-refractivity contribution is 7.21. The van der Waals surface area contributed by atoms with Gasteiger partial charge in [-0.15, -0.1) is 21.5 Å². The van der Waals surface area contributed by atoms with Gasteiger partial charge in [0.2, 0.25) is 5.91 Å². The monoisotopic (exact) mass is 523 g/mol. The summed E-state index contributed by atoms with van der Waals surface area (Å²) in [6, 6.07) is 24.2. The van der Waals surface area contributed by atoms with Crippen LogP contribution < -0.4 is 10.2 Å². The number of nitrogens with one attached hydrogen (secondary N) is 1. The van der Waals surface area contributed by atoms with Crippen molar-refractivity contribution in [1.29, 1.82) is 0 Å². The molecule has 1 N–H and O–H groups in total. The van der Waals surface area contributed by atoms with Gasteiger partial charge in [-0.1, -0.05) is 6.07 Å². The number of anilines is 2. The molecule has 0 bridgehead atoms. The predicted octanol–water partition coefficient (Wildman–Crippen LogP) is 6.72. The van der Waals surface area contributed by atoms with E-state index in [0.717, 1.165) is 52.5 Å². The Morgan fingerprint density at radius 2 is 1.76 bits per heavy atom. The molecule has 1 aliphatic rings. The number of aryl methyl sites for hydroxylation is 1. The average Bonchev–Trinajstić information content (AvgIpc) is 3.37. The number of rotatable bonds is 5. The summed E-state index contributed by atoms with van der Waals surface area (Å²) in [6.45, 7) is 3.49. The number of carbonyl (C=O) groups excluding carboxylic acids is 1. The van der Waals surface area contributed by atoms with Crippen LogP contribution in [0, 0.1) is 18.7 Å². The maximum Gasteiger partial charge on any atom is 0.229 e. The summed E-state index contributed by atoms with van der Waals surface area (Å²) < 4.78 is 14.4. The molecule has 8 heteroatoms. The van der Waals surface area contributed by atoms with Crippen molar-refractivity contribution in [3.8, 4) is 21.8 Å².